The number of ether oxygens (including phenoxy) is 1. The quantitative estimate of drug-likeness (QED) is 0.182. The van der Waals surface area contributed by atoms with Crippen LogP contribution in [0, 0.1) is 0 Å². The number of aliphatic hydroxyl groups is 1. The van der Waals surface area contributed by atoms with Crippen LogP contribution in [-0.4, -0.2) is 64.2 Å². The molecule has 0 fully saturated rings. The van der Waals surface area contributed by atoms with Crippen molar-refractivity contribution in [3.8, 4) is 0 Å². The molecule has 4 atom stereocenters. The molecule has 11 nitrogen and oxygen atoms in total. The summed E-state index contributed by atoms with van der Waals surface area (Å²) in [5.74, 6) is -1.55. The minimum atomic E-state index is -1.37. The standard InChI is InChI=1S/C35H45N5O6/c1-24(27-18-12-7-13-19-27)40(33(44)39-35(2,3)4)22-30(41)28(20-25-14-8-5-9-15-25)37-32(43)29(21-31(36)42)38-34(45)46-23-26-16-10-6-11-17-26/h5-19,24,28-30,41H,20-23H2,1-4H3,(H2,36,42)(H,37,43)(H,38,45)(H,39,44)/t24-,28-,29-,30-/m0/s1. The molecule has 0 saturated carbocycles. The molecule has 46 heavy (non-hydrogen) atoms. The Hall–Kier alpha value is -4.90. The maximum atomic E-state index is 13.6. The van der Waals surface area contributed by atoms with Crippen LogP contribution in [0.1, 0.15) is 56.8 Å². The number of rotatable bonds is 14. The minimum absolute atomic E-state index is 0.0427. The number of nitrogens with zero attached hydrogens (tertiary/aromatic N) is 1. The van der Waals surface area contributed by atoms with E-state index in [4.69, 9.17) is 10.5 Å². The van der Waals surface area contributed by atoms with Gasteiger partial charge in [-0.1, -0.05) is 91.0 Å². The number of nitrogens with two attached hydrogens (primary N) is 1. The number of urea groups is 1. The lowest BCUT2D eigenvalue weighted by Gasteiger charge is -2.36. The highest BCUT2D eigenvalue weighted by molar-refractivity contribution is 5.90. The Bertz CT molecular complexity index is 1420. The van der Waals surface area contributed by atoms with Crippen LogP contribution in [0.5, 0.6) is 0 Å². The summed E-state index contributed by atoms with van der Waals surface area (Å²) >= 11 is 0. The summed E-state index contributed by atoms with van der Waals surface area (Å²) in [5, 5.41) is 19.8. The van der Waals surface area contributed by atoms with E-state index in [9.17, 15) is 24.3 Å². The molecule has 0 aliphatic heterocycles. The topological polar surface area (TPSA) is 163 Å². The highest BCUT2D eigenvalue weighted by atomic mass is 16.5. The molecule has 11 heteroatoms. The number of carbonyl (C=O) groups is 4. The first-order chi connectivity index (χ1) is 21.8. The van der Waals surface area contributed by atoms with Crippen molar-refractivity contribution in [3.05, 3.63) is 108 Å². The van der Waals surface area contributed by atoms with Gasteiger partial charge in [0.1, 0.15) is 12.6 Å². The maximum absolute atomic E-state index is 13.6. The van der Waals surface area contributed by atoms with Crippen LogP contribution < -0.4 is 21.7 Å². The largest absolute Gasteiger partial charge is 0.445 e. The molecule has 0 bridgehead atoms. The van der Waals surface area contributed by atoms with Crippen molar-refractivity contribution < 1.29 is 29.0 Å². The van der Waals surface area contributed by atoms with Crippen LogP contribution in [0.25, 0.3) is 0 Å². The van der Waals surface area contributed by atoms with Gasteiger partial charge in [0.25, 0.3) is 0 Å². The second-order valence-corrected chi connectivity index (χ2v) is 12.2. The molecule has 0 aliphatic rings. The summed E-state index contributed by atoms with van der Waals surface area (Å²) in [5.41, 5.74) is 7.29. The Morgan fingerprint density at radius 3 is 1.93 bits per heavy atom. The molecule has 246 valence electrons. The summed E-state index contributed by atoms with van der Waals surface area (Å²) < 4.78 is 5.24. The second kappa shape index (κ2) is 17.0. The summed E-state index contributed by atoms with van der Waals surface area (Å²) in [6.45, 7) is 7.27. The van der Waals surface area contributed by atoms with Gasteiger partial charge in [0.15, 0.2) is 0 Å². The number of alkyl carbamates (subject to hydrolysis) is 1. The Labute approximate surface area is 270 Å². The molecule has 6 N–H and O–H groups in total. The predicted octanol–water partition coefficient (Wildman–Crippen LogP) is 3.82. The number of carbonyl (C=O) groups excluding carboxylic acids is 4. The number of nitrogens with one attached hydrogen (secondary N) is 3. The Balaban J connectivity index is 1.83. The smallest absolute Gasteiger partial charge is 0.408 e. The summed E-state index contributed by atoms with van der Waals surface area (Å²) in [7, 11) is 0. The molecule has 0 radical (unpaired) electrons. The first-order valence-corrected chi connectivity index (χ1v) is 15.2. The molecular formula is C35H45N5O6. The molecule has 0 aromatic heterocycles. The third-order valence-corrected chi connectivity index (χ3v) is 7.19. The average molecular weight is 632 g/mol. The van der Waals surface area contributed by atoms with Gasteiger partial charge in [-0.2, -0.15) is 0 Å². The number of benzene rings is 3. The lowest BCUT2D eigenvalue weighted by molar-refractivity contribution is -0.128. The first-order valence-electron chi connectivity index (χ1n) is 15.2. The zero-order valence-electron chi connectivity index (χ0n) is 26.8. The fourth-order valence-corrected chi connectivity index (χ4v) is 4.80. The molecule has 3 rings (SSSR count). The molecular weight excluding hydrogens is 586 g/mol. The third-order valence-electron chi connectivity index (χ3n) is 7.19. The summed E-state index contributed by atoms with van der Waals surface area (Å²) in [6.07, 6.45) is -2.46. The van der Waals surface area contributed by atoms with E-state index in [1.807, 2.05) is 94.4 Å². The average Bonchev–Trinajstić information content (AvgIpc) is 3.02. The van der Waals surface area contributed by atoms with Gasteiger partial charge in [0.2, 0.25) is 11.8 Å². The number of primary amides is 1. The van der Waals surface area contributed by atoms with Gasteiger partial charge in [-0.15, -0.1) is 0 Å². The van der Waals surface area contributed by atoms with E-state index in [-0.39, 0.29) is 25.6 Å². The van der Waals surface area contributed by atoms with Gasteiger partial charge in [0, 0.05) is 5.54 Å². The molecule has 3 aromatic rings. The number of amides is 5. The highest BCUT2D eigenvalue weighted by Crippen LogP contribution is 2.22. The molecule has 0 heterocycles. The van der Waals surface area contributed by atoms with E-state index in [2.05, 4.69) is 16.0 Å². The fourth-order valence-electron chi connectivity index (χ4n) is 4.80. The van der Waals surface area contributed by atoms with Gasteiger partial charge in [-0.3, -0.25) is 9.59 Å². The molecule has 5 amide bonds. The van der Waals surface area contributed by atoms with Gasteiger partial charge < -0.3 is 36.4 Å². The van der Waals surface area contributed by atoms with Crippen LogP contribution in [0.3, 0.4) is 0 Å². The summed E-state index contributed by atoms with van der Waals surface area (Å²) in [6, 6.07) is 24.5. The van der Waals surface area contributed by atoms with Crippen molar-refractivity contribution in [2.45, 2.75) is 76.9 Å². The van der Waals surface area contributed by atoms with Gasteiger partial charge in [-0.05, 0) is 50.8 Å². The van der Waals surface area contributed by atoms with E-state index >= 15 is 0 Å². The van der Waals surface area contributed by atoms with Crippen LogP contribution in [0.15, 0.2) is 91.0 Å². The van der Waals surface area contributed by atoms with Crippen LogP contribution in [0.4, 0.5) is 9.59 Å². The molecule has 0 spiro atoms. The van der Waals surface area contributed by atoms with Crippen molar-refractivity contribution in [2.24, 2.45) is 5.73 Å². The predicted molar refractivity (Wildman–Crippen MR) is 175 cm³/mol. The molecule has 0 aliphatic carbocycles. The Morgan fingerprint density at radius 2 is 1.39 bits per heavy atom. The lowest BCUT2D eigenvalue weighted by Crippen LogP contribution is -2.57. The summed E-state index contributed by atoms with van der Waals surface area (Å²) in [4.78, 5) is 53.1. The maximum Gasteiger partial charge on any atom is 0.408 e. The third kappa shape index (κ3) is 11.9. The zero-order valence-corrected chi connectivity index (χ0v) is 26.8. The van der Waals surface area contributed by atoms with Crippen molar-refractivity contribution in [3.63, 3.8) is 0 Å². The van der Waals surface area contributed by atoms with Crippen molar-refractivity contribution in [1.82, 2.24) is 20.9 Å². The Kier molecular flexibility index (Phi) is 13.1. The Morgan fingerprint density at radius 1 is 0.848 bits per heavy atom. The van der Waals surface area contributed by atoms with Crippen LogP contribution in [0.2, 0.25) is 0 Å². The van der Waals surface area contributed by atoms with E-state index in [1.165, 1.54) is 4.90 Å². The zero-order chi connectivity index (χ0) is 33.7. The molecule has 3 aromatic carbocycles. The van der Waals surface area contributed by atoms with Crippen LogP contribution >= 0.6 is 0 Å². The van der Waals surface area contributed by atoms with Gasteiger partial charge in [0.05, 0.1) is 31.2 Å². The lowest BCUT2D eigenvalue weighted by atomic mass is 9.98. The monoisotopic (exact) mass is 631 g/mol. The first kappa shape index (κ1) is 35.6. The van der Waals surface area contributed by atoms with E-state index in [1.54, 1.807) is 24.3 Å². The van der Waals surface area contributed by atoms with E-state index in [0.717, 1.165) is 16.7 Å². The second-order valence-electron chi connectivity index (χ2n) is 12.2. The molecule has 0 unspecified atom stereocenters. The van der Waals surface area contributed by atoms with Crippen molar-refractivity contribution in [1.29, 1.82) is 0 Å². The van der Waals surface area contributed by atoms with Crippen molar-refractivity contribution in [2.75, 3.05) is 6.54 Å². The number of hydrogen-bond acceptors (Lipinski definition) is 6. The fraction of sp³-hybridized carbons (Fsp3) is 0.371. The SMILES string of the molecule is C[C@@H](c1ccccc1)N(C[C@H](O)[C@H](Cc1ccccc1)NC(=O)[C@H](CC(N)=O)NC(=O)OCc1ccccc1)C(=O)NC(C)(C)C. The van der Waals surface area contributed by atoms with E-state index < -0.39 is 54.1 Å². The normalized spacial score (nSPS) is 13.8. The molecule has 0 saturated heterocycles. The van der Waals surface area contributed by atoms with Gasteiger partial charge in [-0.25, -0.2) is 9.59 Å². The number of aliphatic hydroxyl groups excluding tert-OH is 1. The van der Waals surface area contributed by atoms with Crippen LogP contribution in [-0.2, 0) is 27.4 Å². The van der Waals surface area contributed by atoms with Gasteiger partial charge >= 0.3 is 12.1 Å². The van der Waals surface area contributed by atoms with E-state index in [0.29, 0.717) is 0 Å². The van der Waals surface area contributed by atoms with Crippen molar-refractivity contribution >= 4 is 23.9 Å². The minimum Gasteiger partial charge on any atom is -0.445 e. The highest BCUT2D eigenvalue weighted by Gasteiger charge is 2.33. The number of hydrogen-bond donors (Lipinski definition) is 5.